The van der Waals surface area contributed by atoms with E-state index in [4.69, 9.17) is 42.4 Å². The van der Waals surface area contributed by atoms with Gasteiger partial charge in [0.05, 0.1) is 39.1 Å². The number of nitrogens with zero attached hydrogens (tertiary/aromatic N) is 2. The van der Waals surface area contributed by atoms with Crippen LogP contribution in [-0.4, -0.2) is 24.3 Å². The van der Waals surface area contributed by atoms with Crippen molar-refractivity contribution in [1.29, 1.82) is 0 Å². The first kappa shape index (κ1) is 35.9. The summed E-state index contributed by atoms with van der Waals surface area (Å²) in [7, 11) is 1.57. The molecule has 0 spiro atoms. The molecule has 11 heteroatoms. The highest BCUT2D eigenvalue weighted by Crippen LogP contribution is 2.37. The van der Waals surface area contributed by atoms with Crippen molar-refractivity contribution in [1.82, 2.24) is 4.57 Å². The first-order chi connectivity index (χ1) is 24.1. The van der Waals surface area contributed by atoms with Crippen molar-refractivity contribution < 1.29 is 19.0 Å². The van der Waals surface area contributed by atoms with Crippen molar-refractivity contribution in [3.8, 4) is 11.5 Å². The van der Waals surface area contributed by atoms with Gasteiger partial charge in [-0.1, -0.05) is 109 Å². The fourth-order valence-corrected chi connectivity index (χ4v) is 7.97. The normalized spacial score (nSPS) is 14.4. The summed E-state index contributed by atoms with van der Waals surface area (Å²) in [5.41, 5.74) is 4.73. The number of halogens is 3. The molecule has 0 fully saturated rings. The number of aromatic nitrogens is 1. The van der Waals surface area contributed by atoms with E-state index in [2.05, 4.69) is 36.4 Å². The van der Waals surface area contributed by atoms with E-state index in [0.717, 1.165) is 31.4 Å². The molecule has 0 radical (unpaired) electrons. The number of hydrogen-bond donors (Lipinski definition) is 0. The molecule has 0 unspecified atom stereocenters. The molecule has 1 aliphatic rings. The molecule has 50 heavy (non-hydrogen) atoms. The Bertz CT molecular complexity index is 2280. The average Bonchev–Trinajstić information content (AvgIpc) is 3.41. The van der Waals surface area contributed by atoms with Gasteiger partial charge >= 0.3 is 5.97 Å². The second kappa shape index (κ2) is 15.6. The molecule has 2 heterocycles. The number of hydrogen-bond acceptors (Lipinski definition) is 7. The van der Waals surface area contributed by atoms with Crippen LogP contribution in [0.2, 0.25) is 10.0 Å². The van der Waals surface area contributed by atoms with Crippen LogP contribution < -0.4 is 24.4 Å². The van der Waals surface area contributed by atoms with Gasteiger partial charge < -0.3 is 14.2 Å². The van der Waals surface area contributed by atoms with Crippen LogP contribution in [0.3, 0.4) is 0 Å². The Labute approximate surface area is 317 Å². The third kappa shape index (κ3) is 7.42. The molecule has 0 saturated carbocycles. The Balaban J connectivity index is 1.49. The van der Waals surface area contributed by atoms with Crippen molar-refractivity contribution in [2.24, 2.45) is 4.99 Å². The summed E-state index contributed by atoms with van der Waals surface area (Å²) in [6.07, 6.45) is 1.81. The summed E-state index contributed by atoms with van der Waals surface area (Å²) >= 11 is 15.9. The lowest BCUT2D eigenvalue weighted by Gasteiger charge is -2.26. The second-order valence-corrected chi connectivity index (χ2v) is 14.8. The first-order valence-corrected chi connectivity index (χ1v) is 18.6. The summed E-state index contributed by atoms with van der Waals surface area (Å²) in [5, 5.41) is 1.05. The highest BCUT2D eigenvalue weighted by atomic mass is 127. The van der Waals surface area contributed by atoms with Gasteiger partial charge in [-0.25, -0.2) is 9.79 Å². The molecule has 7 nitrogen and oxygen atoms in total. The van der Waals surface area contributed by atoms with Crippen LogP contribution in [0.4, 0.5) is 0 Å². The highest BCUT2D eigenvalue weighted by molar-refractivity contribution is 14.1. The largest absolute Gasteiger partial charge is 0.493 e. The quantitative estimate of drug-likeness (QED) is 0.104. The second-order valence-electron chi connectivity index (χ2n) is 11.8. The fraction of sp³-hybridized carbons (Fsp3) is 0.205. The van der Waals surface area contributed by atoms with E-state index in [9.17, 15) is 9.59 Å². The predicted octanol–water partition coefficient (Wildman–Crippen LogP) is 8.56. The van der Waals surface area contributed by atoms with Crippen molar-refractivity contribution in [3.63, 3.8) is 0 Å². The van der Waals surface area contributed by atoms with Gasteiger partial charge in [0.25, 0.3) is 5.56 Å². The number of fused-ring (bicyclic) bond motifs is 1. The Morgan fingerprint density at radius 2 is 1.78 bits per heavy atom. The molecule has 0 bridgehead atoms. The molecule has 1 aliphatic heterocycles. The highest BCUT2D eigenvalue weighted by Gasteiger charge is 2.35. The minimum atomic E-state index is -0.756. The smallest absolute Gasteiger partial charge is 0.338 e. The number of benzene rings is 4. The minimum absolute atomic E-state index is 0.181. The van der Waals surface area contributed by atoms with Crippen LogP contribution >= 0.6 is 57.1 Å². The maximum atomic E-state index is 14.4. The Morgan fingerprint density at radius 1 is 1.04 bits per heavy atom. The SMILES string of the molecule is CCOC(=O)C1=C(c2ccccc2)N=c2s/c(=C\c3cc(I)c(OCc4ccc(Cl)cc4Cl)c(OC)c3)c(=O)n2[C@@H]1c1ccc(C(C)C)cc1. The molecule has 5 aromatic rings. The van der Waals surface area contributed by atoms with Crippen LogP contribution in [0.25, 0.3) is 11.8 Å². The third-order valence-electron chi connectivity index (χ3n) is 8.23. The van der Waals surface area contributed by atoms with E-state index in [1.165, 1.54) is 11.3 Å². The topological polar surface area (TPSA) is 79.1 Å². The molecule has 0 saturated heterocycles. The zero-order chi connectivity index (χ0) is 35.5. The molecular weight excluding hydrogens is 806 g/mol. The molecule has 6 rings (SSSR count). The van der Waals surface area contributed by atoms with Gasteiger partial charge in [-0.05, 0) is 82.5 Å². The lowest BCUT2D eigenvalue weighted by atomic mass is 9.91. The van der Waals surface area contributed by atoms with Gasteiger partial charge in [0.1, 0.15) is 6.61 Å². The number of methoxy groups -OCH3 is 1. The summed E-state index contributed by atoms with van der Waals surface area (Å²) in [4.78, 5) is 33.6. The summed E-state index contributed by atoms with van der Waals surface area (Å²) in [5.74, 6) is 0.851. The van der Waals surface area contributed by atoms with E-state index >= 15 is 0 Å². The van der Waals surface area contributed by atoms with Crippen molar-refractivity contribution in [2.75, 3.05) is 13.7 Å². The number of rotatable bonds is 10. The standard InChI is InChI=1S/C39H33Cl2IN2O5S/c1-5-48-38(46)33-34(25-9-7-6-8-10-25)43-39-44(35(33)26-13-11-24(12-14-26)22(2)3)37(45)32(50-39)19-23-17-30(42)36(31(18-23)47-4)49-21-27-15-16-28(40)20-29(27)41/h6-20,22,35H,5,21H2,1-4H3/b32-19-/t35-/m1/s1. The Hall–Kier alpha value is -3.90. The lowest BCUT2D eigenvalue weighted by Crippen LogP contribution is -2.40. The molecule has 0 N–H and O–H groups in total. The lowest BCUT2D eigenvalue weighted by molar-refractivity contribution is -0.138. The molecule has 1 aromatic heterocycles. The van der Waals surface area contributed by atoms with E-state index in [1.807, 2.05) is 78.9 Å². The maximum Gasteiger partial charge on any atom is 0.338 e. The van der Waals surface area contributed by atoms with Crippen molar-refractivity contribution in [2.45, 2.75) is 39.3 Å². The van der Waals surface area contributed by atoms with E-state index in [-0.39, 0.29) is 18.8 Å². The molecule has 256 valence electrons. The van der Waals surface area contributed by atoms with Crippen LogP contribution in [0.15, 0.2) is 100 Å². The maximum absolute atomic E-state index is 14.4. The number of ether oxygens (including phenoxy) is 3. The zero-order valence-corrected chi connectivity index (χ0v) is 32.2. The summed E-state index contributed by atoms with van der Waals surface area (Å²) in [6.45, 7) is 6.41. The molecular formula is C39H33Cl2IN2O5S. The number of esters is 1. The van der Waals surface area contributed by atoms with E-state index in [0.29, 0.717) is 48.1 Å². The fourth-order valence-electron chi connectivity index (χ4n) is 5.72. The summed E-state index contributed by atoms with van der Waals surface area (Å²) < 4.78 is 20.3. The van der Waals surface area contributed by atoms with Crippen LogP contribution in [0, 0.1) is 3.57 Å². The Morgan fingerprint density at radius 3 is 2.44 bits per heavy atom. The van der Waals surface area contributed by atoms with Crippen molar-refractivity contribution in [3.05, 3.63) is 152 Å². The first-order valence-electron chi connectivity index (χ1n) is 15.9. The van der Waals surface area contributed by atoms with Gasteiger partial charge in [-0.3, -0.25) is 9.36 Å². The number of thiazole rings is 1. The van der Waals surface area contributed by atoms with Gasteiger partial charge in [0, 0.05) is 21.2 Å². The molecule has 0 amide bonds. The van der Waals surface area contributed by atoms with Crippen molar-refractivity contribution >= 4 is 74.9 Å². The van der Waals surface area contributed by atoms with Gasteiger partial charge in [0.2, 0.25) is 0 Å². The molecule has 0 aliphatic carbocycles. The number of carbonyl (C=O) groups excluding carboxylic acids is 1. The third-order valence-corrected chi connectivity index (χ3v) is 10.6. The van der Waals surface area contributed by atoms with Gasteiger partial charge in [0.15, 0.2) is 16.3 Å². The molecule has 1 atom stereocenters. The summed E-state index contributed by atoms with van der Waals surface area (Å²) in [6, 6.07) is 25.8. The monoisotopic (exact) mass is 838 g/mol. The minimum Gasteiger partial charge on any atom is -0.493 e. The molecule has 4 aromatic carbocycles. The number of carbonyl (C=O) groups is 1. The van der Waals surface area contributed by atoms with Crippen LogP contribution in [0.1, 0.15) is 60.5 Å². The van der Waals surface area contributed by atoms with E-state index < -0.39 is 12.0 Å². The van der Waals surface area contributed by atoms with Gasteiger partial charge in [-0.15, -0.1) is 0 Å². The Kier molecular flexibility index (Phi) is 11.2. The van der Waals surface area contributed by atoms with Gasteiger partial charge in [-0.2, -0.15) is 0 Å². The van der Waals surface area contributed by atoms with Crippen LogP contribution in [-0.2, 0) is 16.1 Å². The average molecular weight is 840 g/mol. The predicted molar refractivity (Wildman–Crippen MR) is 208 cm³/mol. The zero-order valence-electron chi connectivity index (χ0n) is 27.7. The van der Waals surface area contributed by atoms with E-state index in [1.54, 1.807) is 30.7 Å². The van der Waals surface area contributed by atoms with Crippen LogP contribution in [0.5, 0.6) is 11.5 Å².